The van der Waals surface area contributed by atoms with Crippen molar-refractivity contribution in [3.63, 3.8) is 0 Å². The Morgan fingerprint density at radius 3 is 2.39 bits per heavy atom. The van der Waals surface area contributed by atoms with E-state index in [1.807, 2.05) is 31.3 Å². The van der Waals surface area contributed by atoms with Crippen LogP contribution < -0.4 is 10.6 Å². The van der Waals surface area contributed by atoms with E-state index in [0.717, 1.165) is 18.1 Å². The third-order valence-electron chi connectivity index (χ3n) is 2.94. The number of anilines is 2. The molecule has 0 aliphatic carbocycles. The first-order valence-corrected chi connectivity index (χ1v) is 6.29. The van der Waals surface area contributed by atoms with E-state index in [9.17, 15) is 0 Å². The molecule has 0 aliphatic heterocycles. The van der Waals surface area contributed by atoms with Crippen molar-refractivity contribution < 1.29 is 0 Å². The van der Waals surface area contributed by atoms with E-state index in [2.05, 4.69) is 46.8 Å². The number of pyridine rings is 1. The minimum absolute atomic E-state index is 0.297. The molecule has 0 bridgehead atoms. The second kappa shape index (κ2) is 6.05. The van der Waals surface area contributed by atoms with E-state index in [4.69, 9.17) is 0 Å². The molecule has 2 N–H and O–H groups in total. The van der Waals surface area contributed by atoms with Gasteiger partial charge in [0.05, 0.1) is 6.04 Å². The van der Waals surface area contributed by atoms with Crippen LogP contribution in [-0.2, 0) is 0 Å². The van der Waals surface area contributed by atoms with Gasteiger partial charge in [-0.2, -0.15) is 0 Å². The maximum absolute atomic E-state index is 4.48. The molecule has 1 unspecified atom stereocenters. The summed E-state index contributed by atoms with van der Waals surface area (Å²) in [7, 11) is 1.88. The SMILES string of the molecule is CCC(Nc1cccc(NC)n1)c1ccccc1. The Hall–Kier alpha value is -2.03. The van der Waals surface area contributed by atoms with E-state index in [0.29, 0.717) is 6.04 Å². The molecule has 1 aromatic carbocycles. The second-order valence-corrected chi connectivity index (χ2v) is 4.17. The Labute approximate surface area is 108 Å². The zero-order chi connectivity index (χ0) is 12.8. The number of hydrogen-bond acceptors (Lipinski definition) is 3. The van der Waals surface area contributed by atoms with Crippen LogP contribution in [0.4, 0.5) is 11.6 Å². The molecule has 2 rings (SSSR count). The van der Waals surface area contributed by atoms with Crippen LogP contribution >= 0.6 is 0 Å². The highest BCUT2D eigenvalue weighted by molar-refractivity contribution is 5.46. The van der Waals surface area contributed by atoms with Crippen molar-refractivity contribution in [1.82, 2.24) is 4.98 Å². The lowest BCUT2D eigenvalue weighted by Gasteiger charge is -2.18. The van der Waals surface area contributed by atoms with Crippen molar-refractivity contribution in [2.24, 2.45) is 0 Å². The van der Waals surface area contributed by atoms with Crippen LogP contribution in [0.5, 0.6) is 0 Å². The summed E-state index contributed by atoms with van der Waals surface area (Å²) < 4.78 is 0. The second-order valence-electron chi connectivity index (χ2n) is 4.17. The number of nitrogens with one attached hydrogen (secondary N) is 2. The molecule has 0 saturated carbocycles. The zero-order valence-corrected chi connectivity index (χ0v) is 10.9. The van der Waals surface area contributed by atoms with E-state index < -0.39 is 0 Å². The lowest BCUT2D eigenvalue weighted by molar-refractivity contribution is 0.745. The van der Waals surface area contributed by atoms with Gasteiger partial charge in [0.15, 0.2) is 0 Å². The van der Waals surface area contributed by atoms with Crippen LogP contribution in [0.25, 0.3) is 0 Å². The van der Waals surface area contributed by atoms with Crippen LogP contribution in [0.2, 0.25) is 0 Å². The minimum Gasteiger partial charge on any atom is -0.373 e. The number of aromatic nitrogens is 1. The minimum atomic E-state index is 0.297. The predicted molar refractivity (Wildman–Crippen MR) is 76.9 cm³/mol. The van der Waals surface area contributed by atoms with Crippen LogP contribution in [0.1, 0.15) is 24.9 Å². The quantitative estimate of drug-likeness (QED) is 0.838. The summed E-state index contributed by atoms with van der Waals surface area (Å²) in [5.41, 5.74) is 1.29. The standard InChI is InChI=1S/C15H19N3/c1-3-13(12-8-5-4-6-9-12)17-15-11-7-10-14(16-2)18-15/h4-11,13H,3H2,1-2H3,(H2,16,17,18). The summed E-state index contributed by atoms with van der Waals surface area (Å²) in [5.74, 6) is 1.78. The predicted octanol–water partition coefficient (Wildman–Crippen LogP) is 3.69. The van der Waals surface area contributed by atoms with Gasteiger partial charge in [-0.05, 0) is 24.1 Å². The van der Waals surface area contributed by atoms with Crippen LogP contribution in [0.3, 0.4) is 0 Å². The molecule has 2 aromatic rings. The lowest BCUT2D eigenvalue weighted by atomic mass is 10.0. The van der Waals surface area contributed by atoms with Crippen LogP contribution in [0, 0.1) is 0 Å². The average Bonchev–Trinajstić information content (AvgIpc) is 2.46. The summed E-state index contributed by atoms with van der Waals surface area (Å²) in [6, 6.07) is 16.7. The number of rotatable bonds is 5. The van der Waals surface area contributed by atoms with Crippen molar-refractivity contribution in [2.45, 2.75) is 19.4 Å². The Morgan fingerprint density at radius 2 is 1.72 bits per heavy atom. The average molecular weight is 241 g/mol. The highest BCUT2D eigenvalue weighted by Gasteiger charge is 2.09. The van der Waals surface area contributed by atoms with Crippen molar-refractivity contribution in [2.75, 3.05) is 17.7 Å². The number of benzene rings is 1. The molecular weight excluding hydrogens is 222 g/mol. The van der Waals surface area contributed by atoms with Gasteiger partial charge in [-0.25, -0.2) is 4.98 Å². The molecule has 0 amide bonds. The maximum atomic E-state index is 4.48. The van der Waals surface area contributed by atoms with Gasteiger partial charge in [-0.3, -0.25) is 0 Å². The maximum Gasteiger partial charge on any atom is 0.128 e. The van der Waals surface area contributed by atoms with Gasteiger partial charge >= 0.3 is 0 Å². The Balaban J connectivity index is 2.15. The van der Waals surface area contributed by atoms with Crippen molar-refractivity contribution in [3.8, 4) is 0 Å². The summed E-state index contributed by atoms with van der Waals surface area (Å²) in [4.78, 5) is 4.48. The van der Waals surface area contributed by atoms with Gasteiger partial charge in [-0.15, -0.1) is 0 Å². The number of nitrogens with zero attached hydrogens (tertiary/aromatic N) is 1. The van der Waals surface area contributed by atoms with E-state index in [-0.39, 0.29) is 0 Å². The fraction of sp³-hybridized carbons (Fsp3) is 0.267. The lowest BCUT2D eigenvalue weighted by Crippen LogP contribution is -2.11. The van der Waals surface area contributed by atoms with Gasteiger partial charge < -0.3 is 10.6 Å². The summed E-state index contributed by atoms with van der Waals surface area (Å²) >= 11 is 0. The highest BCUT2D eigenvalue weighted by atomic mass is 15.1. The summed E-state index contributed by atoms with van der Waals surface area (Å²) in [6.45, 7) is 2.17. The Bertz CT molecular complexity index is 482. The third kappa shape index (κ3) is 3.00. The molecule has 3 heteroatoms. The highest BCUT2D eigenvalue weighted by Crippen LogP contribution is 2.21. The molecule has 0 radical (unpaired) electrons. The molecule has 3 nitrogen and oxygen atoms in total. The Morgan fingerprint density at radius 1 is 1.00 bits per heavy atom. The molecular formula is C15H19N3. The van der Waals surface area contributed by atoms with Gasteiger partial charge in [-0.1, -0.05) is 43.3 Å². The van der Waals surface area contributed by atoms with Crippen molar-refractivity contribution in [1.29, 1.82) is 0 Å². The first-order chi connectivity index (χ1) is 8.83. The molecule has 1 heterocycles. The zero-order valence-electron chi connectivity index (χ0n) is 10.9. The van der Waals surface area contributed by atoms with Gasteiger partial charge in [0.1, 0.15) is 11.6 Å². The number of hydrogen-bond donors (Lipinski definition) is 2. The molecule has 1 aromatic heterocycles. The van der Waals surface area contributed by atoms with Crippen molar-refractivity contribution >= 4 is 11.6 Å². The fourth-order valence-electron chi connectivity index (χ4n) is 1.94. The molecule has 18 heavy (non-hydrogen) atoms. The summed E-state index contributed by atoms with van der Waals surface area (Å²) in [5, 5.41) is 6.52. The molecule has 0 saturated heterocycles. The first-order valence-electron chi connectivity index (χ1n) is 6.29. The smallest absolute Gasteiger partial charge is 0.128 e. The van der Waals surface area contributed by atoms with Gasteiger partial charge in [0, 0.05) is 7.05 Å². The van der Waals surface area contributed by atoms with Gasteiger partial charge in [0.2, 0.25) is 0 Å². The third-order valence-corrected chi connectivity index (χ3v) is 2.94. The topological polar surface area (TPSA) is 37.0 Å². The largest absolute Gasteiger partial charge is 0.373 e. The van der Waals surface area contributed by atoms with E-state index >= 15 is 0 Å². The summed E-state index contributed by atoms with van der Waals surface area (Å²) in [6.07, 6.45) is 1.02. The van der Waals surface area contributed by atoms with Crippen LogP contribution in [-0.4, -0.2) is 12.0 Å². The van der Waals surface area contributed by atoms with E-state index in [1.165, 1.54) is 5.56 Å². The molecule has 1 atom stereocenters. The van der Waals surface area contributed by atoms with Crippen LogP contribution in [0.15, 0.2) is 48.5 Å². The normalized spacial score (nSPS) is 11.9. The molecule has 0 fully saturated rings. The molecule has 0 spiro atoms. The van der Waals surface area contributed by atoms with E-state index in [1.54, 1.807) is 0 Å². The van der Waals surface area contributed by atoms with Gasteiger partial charge in [0.25, 0.3) is 0 Å². The van der Waals surface area contributed by atoms with Crippen molar-refractivity contribution in [3.05, 3.63) is 54.1 Å². The molecule has 0 aliphatic rings. The monoisotopic (exact) mass is 241 g/mol. The fourth-order valence-corrected chi connectivity index (χ4v) is 1.94. The molecule has 94 valence electrons. The first kappa shape index (κ1) is 12.4. The Kier molecular flexibility index (Phi) is 4.18.